The van der Waals surface area contributed by atoms with Crippen LogP contribution in [0.25, 0.3) is 0 Å². The van der Waals surface area contributed by atoms with Crippen molar-refractivity contribution in [2.24, 2.45) is 5.92 Å². The Bertz CT molecular complexity index is 919. The van der Waals surface area contributed by atoms with Crippen molar-refractivity contribution in [3.8, 4) is 0 Å². The van der Waals surface area contributed by atoms with Crippen molar-refractivity contribution in [3.05, 3.63) is 63.2 Å². The van der Waals surface area contributed by atoms with Gasteiger partial charge >= 0.3 is 0 Å². The van der Waals surface area contributed by atoms with Gasteiger partial charge in [-0.2, -0.15) is 0 Å². The van der Waals surface area contributed by atoms with Gasteiger partial charge in [0.2, 0.25) is 11.8 Å². The number of amides is 2. The van der Waals surface area contributed by atoms with Crippen LogP contribution < -0.4 is 10.2 Å². The van der Waals surface area contributed by atoms with Gasteiger partial charge in [0.15, 0.2) is 0 Å². The number of nitro benzene ring substituents is 1. The molecule has 3 rings (SSSR count). The summed E-state index contributed by atoms with van der Waals surface area (Å²) in [5, 5.41) is 13.8. The first-order valence-electron chi connectivity index (χ1n) is 8.70. The zero-order chi connectivity index (χ0) is 19.7. The zero-order valence-electron chi connectivity index (χ0n) is 15.5. The number of carbonyl (C=O) groups is 2. The summed E-state index contributed by atoms with van der Waals surface area (Å²) in [7, 11) is 0. The van der Waals surface area contributed by atoms with Gasteiger partial charge in [0.05, 0.1) is 10.8 Å². The highest BCUT2D eigenvalue weighted by molar-refractivity contribution is 6.04. The number of para-hydroxylation sites is 1. The molecule has 0 bridgehead atoms. The Morgan fingerprint density at radius 2 is 1.81 bits per heavy atom. The molecule has 1 aliphatic heterocycles. The molecule has 2 amide bonds. The normalized spacial score (nSPS) is 16.5. The lowest BCUT2D eigenvalue weighted by molar-refractivity contribution is -0.385. The number of anilines is 2. The molecule has 1 fully saturated rings. The highest BCUT2D eigenvalue weighted by atomic mass is 16.6. The summed E-state index contributed by atoms with van der Waals surface area (Å²) in [6.45, 7) is 5.81. The number of nitrogens with zero attached hydrogens (tertiary/aromatic N) is 2. The molecule has 1 aliphatic rings. The summed E-state index contributed by atoms with van der Waals surface area (Å²) in [6.07, 6.45) is 0.119. The molecule has 7 heteroatoms. The smallest absolute Gasteiger partial charge is 0.274 e. The van der Waals surface area contributed by atoms with Crippen LogP contribution in [0.4, 0.5) is 17.1 Å². The monoisotopic (exact) mass is 367 g/mol. The van der Waals surface area contributed by atoms with Crippen molar-refractivity contribution in [1.82, 2.24) is 0 Å². The van der Waals surface area contributed by atoms with E-state index in [2.05, 4.69) is 5.32 Å². The van der Waals surface area contributed by atoms with Gasteiger partial charge in [-0.1, -0.05) is 24.3 Å². The van der Waals surface area contributed by atoms with Crippen LogP contribution >= 0.6 is 0 Å². The third kappa shape index (κ3) is 3.67. The SMILES string of the molecule is Cc1ccc(NC(=O)[C@@H]2CC(=O)N(c3c(C)cccc3C)C2)cc1[N+](=O)[O-]. The molecule has 1 atom stereocenters. The minimum Gasteiger partial charge on any atom is -0.326 e. The van der Waals surface area contributed by atoms with E-state index in [4.69, 9.17) is 0 Å². The molecule has 0 spiro atoms. The number of rotatable bonds is 4. The lowest BCUT2D eigenvalue weighted by Crippen LogP contribution is -2.29. The average molecular weight is 367 g/mol. The highest BCUT2D eigenvalue weighted by Gasteiger charge is 2.36. The Morgan fingerprint density at radius 3 is 2.44 bits per heavy atom. The van der Waals surface area contributed by atoms with Crippen molar-refractivity contribution < 1.29 is 14.5 Å². The van der Waals surface area contributed by atoms with Crippen LogP contribution in [0.1, 0.15) is 23.1 Å². The van der Waals surface area contributed by atoms with Crippen LogP contribution in [-0.2, 0) is 9.59 Å². The molecular formula is C20H21N3O4. The van der Waals surface area contributed by atoms with Crippen LogP contribution in [0.5, 0.6) is 0 Å². The molecule has 1 saturated heterocycles. The standard InChI is InChI=1S/C20H21N3O4/c1-12-7-8-16(10-17(12)23(26)27)21-20(25)15-9-18(24)22(11-15)19-13(2)5-4-6-14(19)3/h4-8,10,15H,9,11H2,1-3H3,(H,21,25)/t15-/m1/s1. The molecule has 0 aromatic heterocycles. The number of hydrogen-bond acceptors (Lipinski definition) is 4. The summed E-state index contributed by atoms with van der Waals surface area (Å²) in [5.41, 5.74) is 3.65. The second-order valence-corrected chi connectivity index (χ2v) is 6.89. The van der Waals surface area contributed by atoms with Gasteiger partial charge in [0.25, 0.3) is 5.69 Å². The number of aryl methyl sites for hydroxylation is 3. The van der Waals surface area contributed by atoms with E-state index in [0.29, 0.717) is 17.8 Å². The first kappa shape index (κ1) is 18.6. The van der Waals surface area contributed by atoms with Gasteiger partial charge in [0, 0.05) is 36.0 Å². The molecule has 2 aromatic carbocycles. The summed E-state index contributed by atoms with van der Waals surface area (Å²) >= 11 is 0. The van der Waals surface area contributed by atoms with Gasteiger partial charge in [-0.3, -0.25) is 19.7 Å². The molecular weight excluding hydrogens is 346 g/mol. The van der Waals surface area contributed by atoms with E-state index < -0.39 is 10.8 Å². The number of benzene rings is 2. The van der Waals surface area contributed by atoms with Crippen molar-refractivity contribution in [2.45, 2.75) is 27.2 Å². The second kappa shape index (κ2) is 7.19. The molecule has 27 heavy (non-hydrogen) atoms. The number of nitrogens with one attached hydrogen (secondary N) is 1. The fourth-order valence-corrected chi connectivity index (χ4v) is 3.46. The summed E-state index contributed by atoms with van der Waals surface area (Å²) in [5.74, 6) is -0.908. The molecule has 0 saturated carbocycles. The predicted molar refractivity (Wildman–Crippen MR) is 103 cm³/mol. The third-order valence-electron chi connectivity index (χ3n) is 4.88. The van der Waals surface area contributed by atoms with E-state index in [0.717, 1.165) is 16.8 Å². The zero-order valence-corrected chi connectivity index (χ0v) is 15.5. The first-order chi connectivity index (χ1) is 12.8. The number of nitro groups is 1. The fourth-order valence-electron chi connectivity index (χ4n) is 3.46. The quantitative estimate of drug-likeness (QED) is 0.661. The molecule has 0 unspecified atom stereocenters. The van der Waals surface area contributed by atoms with Crippen molar-refractivity contribution in [3.63, 3.8) is 0 Å². The Kier molecular flexibility index (Phi) is 4.94. The van der Waals surface area contributed by atoms with E-state index >= 15 is 0 Å². The van der Waals surface area contributed by atoms with E-state index in [9.17, 15) is 19.7 Å². The van der Waals surface area contributed by atoms with Gasteiger partial charge in [-0.05, 0) is 38.0 Å². The van der Waals surface area contributed by atoms with Crippen molar-refractivity contribution >= 4 is 28.9 Å². The minimum absolute atomic E-state index is 0.0486. The number of hydrogen-bond donors (Lipinski definition) is 1. The maximum Gasteiger partial charge on any atom is 0.274 e. The van der Waals surface area contributed by atoms with E-state index in [-0.39, 0.29) is 23.9 Å². The maximum absolute atomic E-state index is 12.6. The molecule has 0 aliphatic carbocycles. The van der Waals surface area contributed by atoms with Crippen LogP contribution in [-0.4, -0.2) is 23.3 Å². The third-order valence-corrected chi connectivity index (χ3v) is 4.88. The number of carbonyl (C=O) groups excluding carboxylic acids is 2. The Hall–Kier alpha value is -3.22. The van der Waals surface area contributed by atoms with Crippen LogP contribution in [0.3, 0.4) is 0 Å². The molecule has 1 heterocycles. The molecule has 1 N–H and O–H groups in total. The largest absolute Gasteiger partial charge is 0.326 e. The van der Waals surface area contributed by atoms with Gasteiger partial charge in [-0.25, -0.2) is 0 Å². The molecule has 0 radical (unpaired) electrons. The summed E-state index contributed by atoms with van der Waals surface area (Å²) < 4.78 is 0. The Balaban J connectivity index is 1.77. The molecule has 2 aromatic rings. The van der Waals surface area contributed by atoms with Crippen molar-refractivity contribution in [2.75, 3.05) is 16.8 Å². The summed E-state index contributed by atoms with van der Waals surface area (Å²) in [6, 6.07) is 10.4. The molecule has 7 nitrogen and oxygen atoms in total. The van der Waals surface area contributed by atoms with E-state index in [1.807, 2.05) is 32.0 Å². The average Bonchev–Trinajstić information content (AvgIpc) is 2.98. The lowest BCUT2D eigenvalue weighted by Gasteiger charge is -2.21. The predicted octanol–water partition coefficient (Wildman–Crippen LogP) is 3.51. The second-order valence-electron chi connectivity index (χ2n) is 6.89. The fraction of sp³-hybridized carbons (Fsp3) is 0.300. The lowest BCUT2D eigenvalue weighted by atomic mass is 10.1. The van der Waals surface area contributed by atoms with Crippen molar-refractivity contribution in [1.29, 1.82) is 0 Å². The van der Waals surface area contributed by atoms with Crippen LogP contribution in [0.15, 0.2) is 36.4 Å². The van der Waals surface area contributed by atoms with Gasteiger partial charge in [0.1, 0.15) is 0 Å². The van der Waals surface area contributed by atoms with Crippen LogP contribution in [0.2, 0.25) is 0 Å². The highest BCUT2D eigenvalue weighted by Crippen LogP contribution is 2.31. The topological polar surface area (TPSA) is 92.6 Å². The van der Waals surface area contributed by atoms with E-state index in [1.165, 1.54) is 6.07 Å². The Labute approximate surface area is 157 Å². The Morgan fingerprint density at radius 1 is 1.15 bits per heavy atom. The summed E-state index contributed by atoms with van der Waals surface area (Å²) in [4.78, 5) is 37.3. The van der Waals surface area contributed by atoms with E-state index in [1.54, 1.807) is 24.0 Å². The van der Waals surface area contributed by atoms with Crippen LogP contribution in [0, 0.1) is 36.8 Å². The minimum atomic E-state index is -0.503. The first-order valence-corrected chi connectivity index (χ1v) is 8.70. The molecule has 140 valence electrons. The van der Waals surface area contributed by atoms with Gasteiger partial charge < -0.3 is 10.2 Å². The van der Waals surface area contributed by atoms with Gasteiger partial charge in [-0.15, -0.1) is 0 Å². The maximum atomic E-state index is 12.6.